The maximum atomic E-state index is 13.0. The zero-order chi connectivity index (χ0) is 27.4. The van der Waals surface area contributed by atoms with Crippen molar-refractivity contribution in [2.24, 2.45) is 5.92 Å². The van der Waals surface area contributed by atoms with Crippen LogP contribution < -0.4 is 9.50 Å². The second-order valence-electron chi connectivity index (χ2n) is 8.51. The zero-order valence-electron chi connectivity index (χ0n) is 19.7. The number of rotatable bonds is 8. The lowest BCUT2D eigenvalue weighted by Crippen LogP contribution is -2.37. The Morgan fingerprint density at radius 1 is 1.00 bits per heavy atom. The Morgan fingerprint density at radius 2 is 1.62 bits per heavy atom. The van der Waals surface area contributed by atoms with Crippen LogP contribution in [0.25, 0.3) is 0 Å². The van der Waals surface area contributed by atoms with Crippen LogP contribution in [-0.2, 0) is 22.8 Å². The third kappa shape index (κ3) is 7.77. The Morgan fingerprint density at radius 3 is 2.24 bits per heavy atom. The summed E-state index contributed by atoms with van der Waals surface area (Å²) in [6.07, 6.45) is -4.71. The van der Waals surface area contributed by atoms with Crippen LogP contribution in [0, 0.1) is 5.92 Å². The molecule has 3 aromatic carbocycles. The summed E-state index contributed by atoms with van der Waals surface area (Å²) >= 11 is 12.3. The van der Waals surface area contributed by atoms with Gasteiger partial charge in [-0.2, -0.15) is 21.6 Å². The van der Waals surface area contributed by atoms with Crippen molar-refractivity contribution in [3.63, 3.8) is 0 Å². The molecule has 3 rings (SSSR count). The minimum atomic E-state index is -4.71. The normalized spacial score (nSPS) is 11.9. The van der Waals surface area contributed by atoms with Gasteiger partial charge in [-0.3, -0.25) is 0 Å². The topological polar surface area (TPSA) is 75.7 Å². The Labute approximate surface area is 223 Å². The number of hydrogen-bond donors (Lipinski definition) is 1. The maximum absolute atomic E-state index is 13.0. The van der Waals surface area contributed by atoms with E-state index in [1.54, 1.807) is 24.3 Å². The van der Waals surface area contributed by atoms with Crippen LogP contribution in [0.2, 0.25) is 10.0 Å². The van der Waals surface area contributed by atoms with Crippen LogP contribution in [0.5, 0.6) is 5.75 Å². The van der Waals surface area contributed by atoms with Crippen molar-refractivity contribution in [1.29, 1.82) is 0 Å². The van der Waals surface area contributed by atoms with Gasteiger partial charge < -0.3 is 14.4 Å². The number of nitrogens with zero attached hydrogens (tertiary/aromatic N) is 1. The average molecular weight is 575 g/mol. The Bertz CT molecular complexity index is 1360. The summed E-state index contributed by atoms with van der Waals surface area (Å²) in [7, 11) is -4.55. The minimum absolute atomic E-state index is 0.0763. The van der Waals surface area contributed by atoms with Gasteiger partial charge >= 0.3 is 22.3 Å². The van der Waals surface area contributed by atoms with Crippen molar-refractivity contribution in [1.82, 2.24) is 4.90 Å². The fraction of sp³-hybridized carbons (Fsp3) is 0.240. The number of para-hydroxylation sites is 1. The first kappa shape index (κ1) is 28.6. The lowest BCUT2D eigenvalue weighted by molar-refractivity contribution is -0.137. The molecule has 0 radical (unpaired) electrons. The number of hydrogen-bond acceptors (Lipinski definition) is 4. The molecule has 12 heteroatoms. The Kier molecular flexibility index (Phi) is 8.99. The van der Waals surface area contributed by atoms with Gasteiger partial charge in [0.05, 0.1) is 21.3 Å². The molecule has 1 N–H and O–H groups in total. The molecule has 6 nitrogen and oxygen atoms in total. The first-order valence-electron chi connectivity index (χ1n) is 11.0. The summed E-state index contributed by atoms with van der Waals surface area (Å²) in [5.41, 5.74) is -0.327. The number of benzene rings is 3. The number of halogens is 5. The van der Waals surface area contributed by atoms with Crippen LogP contribution >= 0.6 is 23.2 Å². The summed E-state index contributed by atoms with van der Waals surface area (Å²) in [6.45, 7) is 4.27. The molecular weight excluding hydrogens is 552 g/mol. The molecule has 0 atom stereocenters. The van der Waals surface area contributed by atoms with Gasteiger partial charge in [-0.15, -0.1) is 0 Å². The monoisotopic (exact) mass is 574 g/mol. The Balaban J connectivity index is 1.81. The first-order valence-corrected chi connectivity index (χ1v) is 13.1. The second-order valence-corrected chi connectivity index (χ2v) is 10.9. The van der Waals surface area contributed by atoms with E-state index in [-0.39, 0.29) is 33.9 Å². The molecule has 0 aliphatic carbocycles. The van der Waals surface area contributed by atoms with Crippen molar-refractivity contribution < 1.29 is 30.6 Å². The lowest BCUT2D eigenvalue weighted by Gasteiger charge is -2.25. The summed E-state index contributed by atoms with van der Waals surface area (Å²) in [4.78, 5) is 13.9. The van der Waals surface area contributed by atoms with Crippen LogP contribution in [0.15, 0.2) is 71.6 Å². The number of alkyl halides is 3. The molecule has 198 valence electrons. The van der Waals surface area contributed by atoms with Crippen molar-refractivity contribution >= 4 is 45.0 Å². The highest BCUT2D eigenvalue weighted by molar-refractivity contribution is 7.87. The number of carbonyl (C=O) groups is 1. The number of nitrogens with one attached hydrogen (secondary N) is 1. The average Bonchev–Trinajstić information content (AvgIpc) is 2.80. The largest absolute Gasteiger partial charge is 0.416 e. The summed E-state index contributed by atoms with van der Waals surface area (Å²) in [5, 5.41) is 3.23. The highest BCUT2D eigenvalue weighted by Crippen LogP contribution is 2.32. The van der Waals surface area contributed by atoms with Gasteiger partial charge in [-0.25, -0.2) is 4.79 Å². The molecule has 0 bridgehead atoms. The molecule has 37 heavy (non-hydrogen) atoms. The number of urea groups is 1. The van der Waals surface area contributed by atoms with Gasteiger partial charge in [0, 0.05) is 13.1 Å². The van der Waals surface area contributed by atoms with Crippen molar-refractivity contribution in [3.05, 3.63) is 87.9 Å². The van der Waals surface area contributed by atoms with E-state index in [2.05, 4.69) is 5.32 Å². The van der Waals surface area contributed by atoms with Crippen LogP contribution in [-0.4, -0.2) is 25.9 Å². The molecular formula is C25H23Cl2F3N2O4S. The van der Waals surface area contributed by atoms with Gasteiger partial charge in [-0.1, -0.05) is 61.3 Å². The van der Waals surface area contributed by atoms with Crippen LogP contribution in [0.1, 0.15) is 25.0 Å². The van der Waals surface area contributed by atoms with Crippen LogP contribution in [0.4, 0.5) is 23.7 Å². The molecule has 3 aromatic rings. The predicted octanol–water partition coefficient (Wildman–Crippen LogP) is 7.47. The van der Waals surface area contributed by atoms with Crippen molar-refractivity contribution in [3.8, 4) is 5.75 Å². The molecule has 0 spiro atoms. The molecule has 0 fully saturated rings. The fourth-order valence-corrected chi connectivity index (χ4v) is 4.84. The molecule has 0 aromatic heterocycles. The van der Waals surface area contributed by atoms with E-state index in [0.29, 0.717) is 18.2 Å². The smallest absolute Gasteiger partial charge is 0.379 e. The molecule has 0 saturated heterocycles. The van der Waals surface area contributed by atoms with E-state index < -0.39 is 32.8 Å². The summed E-state index contributed by atoms with van der Waals surface area (Å²) < 4.78 is 69.4. The highest BCUT2D eigenvalue weighted by atomic mass is 35.5. The van der Waals surface area contributed by atoms with Crippen molar-refractivity contribution in [2.45, 2.75) is 31.5 Å². The molecule has 0 saturated carbocycles. The van der Waals surface area contributed by atoms with Gasteiger partial charge in [0.15, 0.2) is 0 Å². The number of amides is 2. The molecule has 2 amide bonds. The number of carbonyl (C=O) groups excluding carboxylic acids is 1. The third-order valence-electron chi connectivity index (χ3n) is 5.00. The fourth-order valence-electron chi connectivity index (χ4n) is 3.38. The van der Waals surface area contributed by atoms with E-state index in [0.717, 1.165) is 18.2 Å². The van der Waals surface area contributed by atoms with E-state index in [4.69, 9.17) is 27.4 Å². The highest BCUT2D eigenvalue weighted by Gasteiger charge is 2.32. The third-order valence-corrected chi connectivity index (χ3v) is 6.87. The van der Waals surface area contributed by atoms with Gasteiger partial charge in [-0.05, 0) is 53.9 Å². The SMILES string of the molecule is CC(C)CN(Cc1cccc(OS(=O)(=O)c2cccc(C(F)(F)F)c2)c1)C(=O)Nc1c(Cl)cccc1Cl. The lowest BCUT2D eigenvalue weighted by atomic mass is 10.1. The van der Waals surface area contributed by atoms with E-state index >= 15 is 0 Å². The molecule has 0 unspecified atom stereocenters. The Hall–Kier alpha value is -2.95. The zero-order valence-corrected chi connectivity index (χ0v) is 22.0. The molecule has 0 aliphatic heterocycles. The first-order chi connectivity index (χ1) is 17.3. The van der Waals surface area contributed by atoms with Gasteiger partial charge in [0.25, 0.3) is 0 Å². The van der Waals surface area contributed by atoms with Gasteiger partial charge in [0.1, 0.15) is 10.6 Å². The molecule has 0 aliphatic rings. The quantitative estimate of drug-likeness (QED) is 0.283. The maximum Gasteiger partial charge on any atom is 0.416 e. The second kappa shape index (κ2) is 11.6. The summed E-state index contributed by atoms with van der Waals surface area (Å²) in [6, 6.07) is 13.5. The summed E-state index contributed by atoms with van der Waals surface area (Å²) in [5.74, 6) is -0.0258. The van der Waals surface area contributed by atoms with Crippen molar-refractivity contribution in [2.75, 3.05) is 11.9 Å². The minimum Gasteiger partial charge on any atom is -0.379 e. The van der Waals surface area contributed by atoms with E-state index in [1.807, 2.05) is 13.8 Å². The number of anilines is 1. The van der Waals surface area contributed by atoms with Crippen LogP contribution in [0.3, 0.4) is 0 Å². The van der Waals surface area contributed by atoms with E-state index in [9.17, 15) is 26.4 Å². The molecule has 0 heterocycles. The standard InChI is InChI=1S/C25H23Cl2F3N2O4S/c1-16(2)14-32(24(33)31-23-21(26)10-5-11-22(23)27)15-17-6-3-8-19(12-17)36-37(34,35)20-9-4-7-18(13-20)25(28,29)30/h3-13,16H,14-15H2,1-2H3,(H,31,33). The predicted molar refractivity (Wildman–Crippen MR) is 136 cm³/mol. The van der Waals surface area contributed by atoms with E-state index in [1.165, 1.54) is 23.1 Å². The van der Waals surface area contributed by atoms with Gasteiger partial charge in [0.2, 0.25) is 0 Å².